The van der Waals surface area contributed by atoms with E-state index in [0.29, 0.717) is 18.6 Å². The second kappa shape index (κ2) is 7.55. The summed E-state index contributed by atoms with van der Waals surface area (Å²) < 4.78 is 0. The molecule has 1 fully saturated rings. The van der Waals surface area contributed by atoms with Gasteiger partial charge in [-0.05, 0) is 57.2 Å². The number of aliphatic hydroxyl groups is 1. The minimum atomic E-state index is 0.195. The van der Waals surface area contributed by atoms with E-state index >= 15 is 0 Å². The molecular formula is C16H28N2OS. The van der Waals surface area contributed by atoms with Crippen LogP contribution < -0.4 is 5.73 Å². The molecule has 4 heteroatoms. The Labute approximate surface area is 126 Å². The van der Waals surface area contributed by atoms with E-state index in [-0.39, 0.29) is 6.04 Å². The maximum Gasteiger partial charge on any atom is 0.0593 e. The minimum Gasteiger partial charge on any atom is -0.396 e. The third-order valence-electron chi connectivity index (χ3n) is 4.41. The maximum absolute atomic E-state index is 9.18. The predicted octanol–water partition coefficient (Wildman–Crippen LogP) is 2.93. The molecule has 0 saturated carbocycles. The Kier molecular flexibility index (Phi) is 6.02. The van der Waals surface area contributed by atoms with Crippen LogP contribution in [0, 0.1) is 12.8 Å². The molecule has 2 heterocycles. The molecule has 0 amide bonds. The van der Waals surface area contributed by atoms with Crippen molar-refractivity contribution in [2.75, 3.05) is 19.7 Å². The Balaban J connectivity index is 2.14. The highest BCUT2D eigenvalue weighted by Gasteiger charge is 2.30. The van der Waals surface area contributed by atoms with Crippen LogP contribution in [0.15, 0.2) is 12.1 Å². The normalized spacial score (nSPS) is 23.7. The Hall–Kier alpha value is -0.420. The largest absolute Gasteiger partial charge is 0.396 e. The van der Waals surface area contributed by atoms with Crippen LogP contribution in [-0.2, 0) is 0 Å². The average molecular weight is 296 g/mol. The van der Waals surface area contributed by atoms with E-state index in [9.17, 15) is 5.11 Å². The van der Waals surface area contributed by atoms with Gasteiger partial charge in [0.15, 0.2) is 0 Å². The van der Waals surface area contributed by atoms with Crippen molar-refractivity contribution < 1.29 is 5.11 Å². The van der Waals surface area contributed by atoms with E-state index in [1.165, 1.54) is 22.6 Å². The fourth-order valence-corrected chi connectivity index (χ4v) is 4.35. The number of nitrogens with zero attached hydrogens (tertiary/aromatic N) is 1. The number of hydrogen-bond acceptors (Lipinski definition) is 4. The third kappa shape index (κ3) is 3.82. The third-order valence-corrected chi connectivity index (χ3v) is 5.48. The lowest BCUT2D eigenvalue weighted by atomic mass is 9.92. The molecule has 2 rings (SSSR count). The van der Waals surface area contributed by atoms with Gasteiger partial charge in [-0.3, -0.25) is 4.90 Å². The van der Waals surface area contributed by atoms with Gasteiger partial charge in [0.2, 0.25) is 0 Å². The molecule has 3 nitrogen and oxygen atoms in total. The summed E-state index contributed by atoms with van der Waals surface area (Å²) in [5.74, 6) is 0.626. The first kappa shape index (κ1) is 16.0. The fraction of sp³-hybridized carbons (Fsp3) is 0.750. The van der Waals surface area contributed by atoms with Crippen LogP contribution in [0.1, 0.15) is 48.4 Å². The molecule has 0 spiro atoms. The predicted molar refractivity (Wildman–Crippen MR) is 86.1 cm³/mol. The molecule has 0 aromatic carbocycles. The first-order valence-electron chi connectivity index (χ1n) is 7.82. The smallest absolute Gasteiger partial charge is 0.0593 e. The lowest BCUT2D eigenvalue weighted by molar-refractivity contribution is 0.0947. The zero-order valence-electron chi connectivity index (χ0n) is 12.7. The van der Waals surface area contributed by atoms with Crippen LogP contribution in [0.3, 0.4) is 0 Å². The SMILES string of the molecule is CCC(N)C(c1ccc(C)s1)N1CCCC(CCO)C1. The topological polar surface area (TPSA) is 49.5 Å². The van der Waals surface area contributed by atoms with Crippen LogP contribution >= 0.6 is 11.3 Å². The van der Waals surface area contributed by atoms with E-state index < -0.39 is 0 Å². The van der Waals surface area contributed by atoms with Crippen LogP contribution in [-0.4, -0.2) is 35.7 Å². The summed E-state index contributed by atoms with van der Waals surface area (Å²) in [6.45, 7) is 6.86. The quantitative estimate of drug-likeness (QED) is 0.848. The highest BCUT2D eigenvalue weighted by Crippen LogP contribution is 2.34. The van der Waals surface area contributed by atoms with E-state index in [2.05, 4.69) is 30.9 Å². The van der Waals surface area contributed by atoms with Gasteiger partial charge in [-0.15, -0.1) is 11.3 Å². The molecule has 0 bridgehead atoms. The van der Waals surface area contributed by atoms with Crippen LogP contribution in [0.4, 0.5) is 0 Å². The highest BCUT2D eigenvalue weighted by molar-refractivity contribution is 7.12. The Morgan fingerprint density at radius 1 is 1.50 bits per heavy atom. The van der Waals surface area contributed by atoms with Crippen molar-refractivity contribution in [2.45, 2.75) is 51.6 Å². The lowest BCUT2D eigenvalue weighted by Gasteiger charge is -2.40. The monoisotopic (exact) mass is 296 g/mol. The molecule has 3 N–H and O–H groups in total. The number of aryl methyl sites for hydroxylation is 1. The van der Waals surface area contributed by atoms with Gasteiger partial charge >= 0.3 is 0 Å². The van der Waals surface area contributed by atoms with E-state index in [1.807, 2.05) is 11.3 Å². The number of nitrogens with two attached hydrogens (primary N) is 1. The molecule has 1 aliphatic rings. The zero-order chi connectivity index (χ0) is 14.5. The molecule has 20 heavy (non-hydrogen) atoms. The zero-order valence-corrected chi connectivity index (χ0v) is 13.5. The Morgan fingerprint density at radius 3 is 2.90 bits per heavy atom. The van der Waals surface area contributed by atoms with Gasteiger partial charge in [0.05, 0.1) is 6.04 Å². The summed E-state index contributed by atoms with van der Waals surface area (Å²) in [4.78, 5) is 5.32. The first-order valence-corrected chi connectivity index (χ1v) is 8.64. The van der Waals surface area contributed by atoms with Gasteiger partial charge < -0.3 is 10.8 Å². The van der Waals surface area contributed by atoms with Gasteiger partial charge in [0.1, 0.15) is 0 Å². The molecule has 1 aromatic rings. The molecule has 1 saturated heterocycles. The molecule has 3 unspecified atom stereocenters. The first-order chi connectivity index (χ1) is 9.65. The van der Waals surface area contributed by atoms with Crippen molar-refractivity contribution in [3.05, 3.63) is 21.9 Å². The van der Waals surface area contributed by atoms with Gasteiger partial charge in [-0.2, -0.15) is 0 Å². The van der Waals surface area contributed by atoms with Crippen LogP contribution in [0.25, 0.3) is 0 Å². The van der Waals surface area contributed by atoms with Crippen LogP contribution in [0.5, 0.6) is 0 Å². The number of thiophene rings is 1. The second-order valence-corrected chi connectivity index (χ2v) is 7.30. The highest BCUT2D eigenvalue weighted by atomic mass is 32.1. The molecule has 114 valence electrons. The molecule has 1 aromatic heterocycles. The molecular weight excluding hydrogens is 268 g/mol. The van der Waals surface area contributed by atoms with Gasteiger partial charge in [-0.1, -0.05) is 6.92 Å². The Morgan fingerprint density at radius 2 is 2.30 bits per heavy atom. The maximum atomic E-state index is 9.18. The standard InChI is InChI=1S/C16H28N2OS/c1-3-14(17)16(15-7-6-12(2)20-15)18-9-4-5-13(11-18)8-10-19/h6-7,13-14,16,19H,3-5,8-11,17H2,1-2H3. The number of hydrogen-bond donors (Lipinski definition) is 2. The number of aliphatic hydroxyl groups excluding tert-OH is 1. The summed E-state index contributed by atoms with van der Waals surface area (Å²) in [5, 5.41) is 9.18. The molecule has 3 atom stereocenters. The van der Waals surface area contributed by atoms with Crippen molar-refractivity contribution >= 4 is 11.3 Å². The van der Waals surface area contributed by atoms with Gasteiger partial charge in [0.25, 0.3) is 0 Å². The van der Waals surface area contributed by atoms with Crippen molar-refractivity contribution in [3.8, 4) is 0 Å². The molecule has 0 radical (unpaired) electrons. The van der Waals surface area contributed by atoms with E-state index in [0.717, 1.165) is 25.9 Å². The molecule has 1 aliphatic heterocycles. The van der Waals surface area contributed by atoms with Crippen molar-refractivity contribution in [2.24, 2.45) is 11.7 Å². The average Bonchev–Trinajstić information content (AvgIpc) is 2.86. The number of likely N-dealkylation sites (tertiary alicyclic amines) is 1. The van der Waals surface area contributed by atoms with E-state index in [1.54, 1.807) is 0 Å². The second-order valence-electron chi connectivity index (χ2n) is 5.98. The van der Waals surface area contributed by atoms with Gasteiger partial charge in [-0.25, -0.2) is 0 Å². The fourth-order valence-electron chi connectivity index (χ4n) is 3.27. The number of piperidine rings is 1. The lowest BCUT2D eigenvalue weighted by Crippen LogP contribution is -2.45. The van der Waals surface area contributed by atoms with Crippen molar-refractivity contribution in [3.63, 3.8) is 0 Å². The Bertz CT molecular complexity index is 405. The van der Waals surface area contributed by atoms with Crippen molar-refractivity contribution in [1.82, 2.24) is 4.90 Å². The summed E-state index contributed by atoms with van der Waals surface area (Å²) in [6.07, 6.45) is 4.40. The minimum absolute atomic E-state index is 0.195. The van der Waals surface area contributed by atoms with Crippen LogP contribution in [0.2, 0.25) is 0 Å². The van der Waals surface area contributed by atoms with Gasteiger partial charge in [0, 0.05) is 28.9 Å². The summed E-state index contributed by atoms with van der Waals surface area (Å²) in [6, 6.07) is 4.99. The summed E-state index contributed by atoms with van der Waals surface area (Å²) in [7, 11) is 0. The number of rotatable bonds is 6. The summed E-state index contributed by atoms with van der Waals surface area (Å²) in [5.41, 5.74) is 6.42. The molecule has 0 aliphatic carbocycles. The summed E-state index contributed by atoms with van der Waals surface area (Å²) >= 11 is 1.88. The van der Waals surface area contributed by atoms with E-state index in [4.69, 9.17) is 5.73 Å². The van der Waals surface area contributed by atoms with Crippen molar-refractivity contribution in [1.29, 1.82) is 0 Å².